The minimum atomic E-state index is -0.0920. The lowest BCUT2D eigenvalue weighted by Gasteiger charge is -2.34. The number of carbonyl (C=O) groups is 2. The molecule has 0 atom stereocenters. The van der Waals surface area contributed by atoms with Gasteiger partial charge < -0.3 is 19.7 Å². The molecule has 154 valence electrons. The maximum Gasteiger partial charge on any atom is 0.238 e. The number of hydrogen-bond acceptors (Lipinski definition) is 5. The highest BCUT2D eigenvalue weighted by atomic mass is 16.5. The molecule has 1 aliphatic rings. The molecule has 0 unspecified atom stereocenters. The van der Waals surface area contributed by atoms with Crippen LogP contribution in [-0.2, 0) is 16.0 Å². The molecule has 1 saturated heterocycles. The van der Waals surface area contributed by atoms with E-state index in [1.807, 2.05) is 53.4 Å². The van der Waals surface area contributed by atoms with Crippen LogP contribution in [-0.4, -0.2) is 68.6 Å². The minimum absolute atomic E-state index is 0.0920. The average Bonchev–Trinajstić information content (AvgIpc) is 2.74. The van der Waals surface area contributed by atoms with Gasteiger partial charge in [-0.15, -0.1) is 0 Å². The molecule has 1 N–H and O–H groups in total. The first-order chi connectivity index (χ1) is 14.1. The summed E-state index contributed by atoms with van der Waals surface area (Å²) < 4.78 is 10.5. The third kappa shape index (κ3) is 5.71. The minimum Gasteiger partial charge on any atom is -0.497 e. The first-order valence-corrected chi connectivity index (χ1v) is 9.65. The van der Waals surface area contributed by atoms with Gasteiger partial charge in [-0.05, 0) is 29.8 Å². The molecular weight excluding hydrogens is 370 g/mol. The summed E-state index contributed by atoms with van der Waals surface area (Å²) in [4.78, 5) is 28.9. The summed E-state index contributed by atoms with van der Waals surface area (Å²) in [5.41, 5.74) is 1.60. The number of hydrogen-bond donors (Lipinski definition) is 1. The molecular formula is C22H27N3O4. The lowest BCUT2D eigenvalue weighted by atomic mass is 10.1. The van der Waals surface area contributed by atoms with Gasteiger partial charge >= 0.3 is 0 Å². The summed E-state index contributed by atoms with van der Waals surface area (Å²) in [6, 6.07) is 14.9. The van der Waals surface area contributed by atoms with E-state index >= 15 is 0 Å². The molecule has 29 heavy (non-hydrogen) atoms. The van der Waals surface area contributed by atoms with Crippen LogP contribution in [0.3, 0.4) is 0 Å². The molecule has 1 fully saturated rings. The second-order valence-corrected chi connectivity index (χ2v) is 6.93. The zero-order valence-corrected chi connectivity index (χ0v) is 16.9. The van der Waals surface area contributed by atoms with Crippen LogP contribution in [0.4, 0.5) is 5.69 Å². The number of ether oxygens (including phenoxy) is 2. The molecule has 7 heteroatoms. The molecule has 7 nitrogen and oxygen atoms in total. The largest absolute Gasteiger partial charge is 0.497 e. The Hall–Kier alpha value is -3.06. The molecule has 0 radical (unpaired) electrons. The molecule has 0 bridgehead atoms. The van der Waals surface area contributed by atoms with Crippen molar-refractivity contribution < 1.29 is 19.1 Å². The molecule has 0 saturated carbocycles. The van der Waals surface area contributed by atoms with Crippen molar-refractivity contribution >= 4 is 17.5 Å². The van der Waals surface area contributed by atoms with Gasteiger partial charge in [0, 0.05) is 26.2 Å². The van der Waals surface area contributed by atoms with Crippen molar-refractivity contribution in [2.24, 2.45) is 0 Å². The van der Waals surface area contributed by atoms with Crippen LogP contribution in [0.1, 0.15) is 5.56 Å². The van der Waals surface area contributed by atoms with Gasteiger partial charge in [0.25, 0.3) is 0 Å². The van der Waals surface area contributed by atoms with E-state index in [2.05, 4.69) is 10.2 Å². The van der Waals surface area contributed by atoms with Gasteiger partial charge in [-0.2, -0.15) is 0 Å². The summed E-state index contributed by atoms with van der Waals surface area (Å²) in [6.45, 7) is 2.86. The zero-order chi connectivity index (χ0) is 20.6. The highest BCUT2D eigenvalue weighted by Gasteiger charge is 2.22. The van der Waals surface area contributed by atoms with Crippen LogP contribution < -0.4 is 14.8 Å². The molecule has 3 rings (SSSR count). The molecule has 0 aromatic heterocycles. The Kier molecular flexibility index (Phi) is 7.08. The Balaban J connectivity index is 1.46. The summed E-state index contributed by atoms with van der Waals surface area (Å²) in [6.07, 6.45) is 0.353. The Bertz CT molecular complexity index is 847. The fourth-order valence-electron chi connectivity index (χ4n) is 3.36. The van der Waals surface area contributed by atoms with Crippen LogP contribution in [0.25, 0.3) is 0 Å². The number of nitrogens with zero attached hydrogens (tertiary/aromatic N) is 2. The van der Waals surface area contributed by atoms with E-state index in [1.165, 1.54) is 0 Å². The third-order valence-electron chi connectivity index (χ3n) is 4.96. The monoisotopic (exact) mass is 397 g/mol. The molecule has 2 aromatic rings. The fourth-order valence-corrected chi connectivity index (χ4v) is 3.36. The summed E-state index contributed by atoms with van der Waals surface area (Å²) >= 11 is 0. The number of rotatable bonds is 7. The molecule has 2 aromatic carbocycles. The van der Waals surface area contributed by atoms with Gasteiger partial charge in [-0.3, -0.25) is 14.5 Å². The van der Waals surface area contributed by atoms with Gasteiger partial charge in [0.15, 0.2) is 0 Å². The van der Waals surface area contributed by atoms with Gasteiger partial charge in [0.1, 0.15) is 11.5 Å². The summed E-state index contributed by atoms with van der Waals surface area (Å²) in [5.74, 6) is 1.39. The number of carbonyl (C=O) groups excluding carboxylic acids is 2. The Morgan fingerprint density at radius 1 is 0.966 bits per heavy atom. The number of nitrogens with one attached hydrogen (secondary N) is 1. The second kappa shape index (κ2) is 9.93. The molecule has 2 amide bonds. The van der Waals surface area contributed by atoms with Crippen molar-refractivity contribution in [2.45, 2.75) is 6.42 Å². The van der Waals surface area contributed by atoms with E-state index in [-0.39, 0.29) is 18.4 Å². The maximum atomic E-state index is 12.6. The summed E-state index contributed by atoms with van der Waals surface area (Å²) in [7, 11) is 3.19. The van der Waals surface area contributed by atoms with Crippen LogP contribution in [0.2, 0.25) is 0 Å². The third-order valence-corrected chi connectivity index (χ3v) is 4.96. The predicted octanol–water partition coefficient (Wildman–Crippen LogP) is 2.03. The van der Waals surface area contributed by atoms with E-state index in [4.69, 9.17) is 9.47 Å². The van der Waals surface area contributed by atoms with Crippen molar-refractivity contribution in [3.8, 4) is 11.5 Å². The van der Waals surface area contributed by atoms with Crippen molar-refractivity contribution in [1.29, 1.82) is 0 Å². The number of amides is 2. The predicted molar refractivity (Wildman–Crippen MR) is 111 cm³/mol. The van der Waals surface area contributed by atoms with Crippen LogP contribution in [0.15, 0.2) is 48.5 Å². The van der Waals surface area contributed by atoms with Crippen molar-refractivity contribution in [3.63, 3.8) is 0 Å². The Morgan fingerprint density at radius 3 is 2.45 bits per heavy atom. The van der Waals surface area contributed by atoms with Gasteiger partial charge in [0.2, 0.25) is 11.8 Å². The SMILES string of the molecule is COc1cccc(CC(=O)N2CCN(CC(=O)Nc3ccccc3OC)CC2)c1. The van der Waals surface area contributed by atoms with E-state index < -0.39 is 0 Å². The normalized spacial score (nSPS) is 14.3. The lowest BCUT2D eigenvalue weighted by Crippen LogP contribution is -2.50. The quantitative estimate of drug-likeness (QED) is 0.774. The fraction of sp³-hybridized carbons (Fsp3) is 0.364. The average molecular weight is 397 g/mol. The number of benzene rings is 2. The number of methoxy groups -OCH3 is 2. The zero-order valence-electron chi connectivity index (χ0n) is 16.9. The van der Waals surface area contributed by atoms with Gasteiger partial charge in [-0.25, -0.2) is 0 Å². The standard InChI is InChI=1S/C22H27N3O4/c1-28-18-7-5-6-17(14-18)15-22(27)25-12-10-24(11-13-25)16-21(26)23-19-8-3-4-9-20(19)29-2/h3-9,14H,10-13,15-16H2,1-2H3,(H,23,26). The Labute approximate surface area is 171 Å². The molecule has 0 spiro atoms. The van der Waals surface area contributed by atoms with Crippen molar-refractivity contribution in [1.82, 2.24) is 9.80 Å². The van der Waals surface area contributed by atoms with Crippen molar-refractivity contribution in [3.05, 3.63) is 54.1 Å². The van der Waals surface area contributed by atoms with E-state index in [9.17, 15) is 9.59 Å². The molecule has 1 aliphatic heterocycles. The smallest absolute Gasteiger partial charge is 0.238 e. The highest BCUT2D eigenvalue weighted by Crippen LogP contribution is 2.23. The molecule has 1 heterocycles. The van der Waals surface area contributed by atoms with E-state index in [0.717, 1.165) is 11.3 Å². The van der Waals surface area contributed by atoms with Crippen LogP contribution >= 0.6 is 0 Å². The highest BCUT2D eigenvalue weighted by molar-refractivity contribution is 5.93. The van der Waals surface area contributed by atoms with Crippen LogP contribution in [0, 0.1) is 0 Å². The first-order valence-electron chi connectivity index (χ1n) is 9.65. The van der Waals surface area contributed by atoms with Crippen molar-refractivity contribution in [2.75, 3.05) is 52.3 Å². The topological polar surface area (TPSA) is 71.1 Å². The number of para-hydroxylation sites is 2. The van der Waals surface area contributed by atoms with Crippen LogP contribution in [0.5, 0.6) is 11.5 Å². The van der Waals surface area contributed by atoms with Gasteiger partial charge in [-0.1, -0.05) is 24.3 Å². The van der Waals surface area contributed by atoms with E-state index in [0.29, 0.717) is 44.0 Å². The van der Waals surface area contributed by atoms with E-state index in [1.54, 1.807) is 14.2 Å². The number of anilines is 1. The van der Waals surface area contributed by atoms with Gasteiger partial charge in [0.05, 0.1) is 32.9 Å². The number of piperazine rings is 1. The Morgan fingerprint density at radius 2 is 1.72 bits per heavy atom. The summed E-state index contributed by atoms with van der Waals surface area (Å²) in [5, 5.41) is 2.89. The maximum absolute atomic E-state index is 12.6. The molecule has 0 aliphatic carbocycles. The second-order valence-electron chi connectivity index (χ2n) is 6.93. The first kappa shape index (κ1) is 20.7. The lowest BCUT2D eigenvalue weighted by molar-refractivity contribution is -0.132.